The van der Waals surface area contributed by atoms with Gasteiger partial charge in [0.1, 0.15) is 0 Å². The molecule has 1 aromatic rings. The minimum Gasteiger partial charge on any atom is -0.381 e. The van der Waals surface area contributed by atoms with Gasteiger partial charge in [0.2, 0.25) is 5.82 Å². The number of piperazine rings is 1. The van der Waals surface area contributed by atoms with Crippen LogP contribution >= 0.6 is 0 Å². The van der Waals surface area contributed by atoms with Crippen molar-refractivity contribution in [2.75, 3.05) is 39.4 Å². The summed E-state index contributed by atoms with van der Waals surface area (Å²) in [5, 5.41) is 3.12. The van der Waals surface area contributed by atoms with Gasteiger partial charge in [0.05, 0.1) is 0 Å². The van der Waals surface area contributed by atoms with E-state index in [9.17, 15) is 22.0 Å². The van der Waals surface area contributed by atoms with E-state index in [1.807, 2.05) is 4.90 Å². The van der Waals surface area contributed by atoms with Crippen LogP contribution in [-0.4, -0.2) is 44.3 Å². The van der Waals surface area contributed by atoms with E-state index in [1.165, 1.54) is 0 Å². The van der Waals surface area contributed by atoms with Crippen LogP contribution in [0.2, 0.25) is 0 Å². The van der Waals surface area contributed by atoms with Crippen molar-refractivity contribution >= 4 is 0 Å². The lowest BCUT2D eigenvalue weighted by atomic mass is 9.84. The van der Waals surface area contributed by atoms with E-state index in [0.717, 1.165) is 0 Å². The number of benzene rings is 1. The quantitative estimate of drug-likeness (QED) is 0.515. The fraction of sp³-hybridized carbons (Fsp3) is 0.625. The second kappa shape index (κ2) is 7.33. The van der Waals surface area contributed by atoms with Crippen molar-refractivity contribution in [2.45, 2.75) is 18.9 Å². The average molecular weight is 350 g/mol. The predicted molar refractivity (Wildman–Crippen MR) is 77.0 cm³/mol. The smallest absolute Gasteiger partial charge is 0.200 e. The first-order chi connectivity index (χ1) is 11.5. The van der Waals surface area contributed by atoms with Crippen LogP contribution in [-0.2, 0) is 4.74 Å². The van der Waals surface area contributed by atoms with Gasteiger partial charge in [-0.3, -0.25) is 4.90 Å². The second-order valence-electron chi connectivity index (χ2n) is 6.16. The van der Waals surface area contributed by atoms with Crippen molar-refractivity contribution in [3.8, 4) is 0 Å². The molecule has 2 aliphatic heterocycles. The Hall–Kier alpha value is -1.25. The average Bonchev–Trinajstić information content (AvgIpc) is 2.63. The van der Waals surface area contributed by atoms with Gasteiger partial charge in [0.15, 0.2) is 23.3 Å². The summed E-state index contributed by atoms with van der Waals surface area (Å²) in [6.45, 7) is 3.03. The zero-order chi connectivity index (χ0) is 17.3. The number of halogens is 5. The van der Waals surface area contributed by atoms with Crippen LogP contribution in [0.4, 0.5) is 22.0 Å². The van der Waals surface area contributed by atoms with Gasteiger partial charge in [-0.1, -0.05) is 0 Å². The molecule has 0 aliphatic carbocycles. The van der Waals surface area contributed by atoms with Gasteiger partial charge in [-0.25, -0.2) is 22.0 Å². The van der Waals surface area contributed by atoms with Crippen molar-refractivity contribution in [1.82, 2.24) is 10.2 Å². The Bertz CT molecular complexity index is 554. The highest BCUT2D eigenvalue weighted by Crippen LogP contribution is 2.39. The lowest BCUT2D eigenvalue weighted by Gasteiger charge is -2.41. The molecule has 0 bridgehead atoms. The molecule has 1 atom stereocenters. The highest BCUT2D eigenvalue weighted by atomic mass is 19.2. The van der Waals surface area contributed by atoms with Crippen molar-refractivity contribution in [3.05, 3.63) is 34.6 Å². The summed E-state index contributed by atoms with van der Waals surface area (Å²) < 4.78 is 74.7. The molecule has 1 N–H and O–H groups in total. The van der Waals surface area contributed by atoms with Crippen LogP contribution in [0.5, 0.6) is 0 Å². The summed E-state index contributed by atoms with van der Waals surface area (Å²) in [5.74, 6) is -9.53. The van der Waals surface area contributed by atoms with Crippen LogP contribution in [0.15, 0.2) is 0 Å². The van der Waals surface area contributed by atoms with E-state index in [1.54, 1.807) is 0 Å². The van der Waals surface area contributed by atoms with Crippen LogP contribution in [0, 0.1) is 35.0 Å². The summed E-state index contributed by atoms with van der Waals surface area (Å²) in [6.07, 6.45) is 1.04. The highest BCUT2D eigenvalue weighted by molar-refractivity contribution is 5.28. The molecule has 0 unspecified atom stereocenters. The fourth-order valence-electron chi connectivity index (χ4n) is 3.59. The maximum absolute atomic E-state index is 14.4. The standard InChI is InChI=1S/C16H19F5N2O/c17-11-10(12(18)14(20)15(21)13(11)19)16(9-1-7-24-8-2-9)23-5-3-22-4-6-23/h9,16,22H,1-8H2/t16-/m0/s1. The van der Waals surface area contributed by atoms with Gasteiger partial charge < -0.3 is 10.1 Å². The number of hydrogen-bond donors (Lipinski definition) is 1. The Balaban J connectivity index is 2.07. The molecule has 2 heterocycles. The number of hydrogen-bond acceptors (Lipinski definition) is 3. The first-order valence-corrected chi connectivity index (χ1v) is 8.06. The topological polar surface area (TPSA) is 24.5 Å². The maximum atomic E-state index is 14.4. The molecule has 0 saturated carbocycles. The molecule has 2 saturated heterocycles. The minimum absolute atomic E-state index is 0.217. The summed E-state index contributed by atoms with van der Waals surface area (Å²) in [6, 6.07) is -0.847. The van der Waals surface area contributed by atoms with Gasteiger partial charge in [-0.15, -0.1) is 0 Å². The molecule has 2 aliphatic rings. The molecule has 8 heteroatoms. The van der Waals surface area contributed by atoms with E-state index >= 15 is 0 Å². The third kappa shape index (κ3) is 3.14. The molecule has 0 radical (unpaired) electrons. The summed E-state index contributed by atoms with van der Waals surface area (Å²) in [7, 11) is 0. The van der Waals surface area contributed by atoms with Gasteiger partial charge >= 0.3 is 0 Å². The molecule has 24 heavy (non-hydrogen) atoms. The molecule has 0 aromatic heterocycles. The van der Waals surface area contributed by atoms with Gasteiger partial charge in [-0.05, 0) is 18.8 Å². The zero-order valence-electron chi connectivity index (χ0n) is 13.1. The molecular formula is C16H19F5N2O. The number of nitrogens with one attached hydrogen (secondary N) is 1. The number of ether oxygens (including phenoxy) is 1. The normalized spacial score (nSPS) is 21.9. The Labute approximate surface area is 136 Å². The largest absolute Gasteiger partial charge is 0.381 e. The third-order valence-electron chi connectivity index (χ3n) is 4.80. The van der Waals surface area contributed by atoms with Crippen LogP contribution in [0.3, 0.4) is 0 Å². The van der Waals surface area contributed by atoms with Crippen molar-refractivity contribution in [2.24, 2.45) is 5.92 Å². The van der Waals surface area contributed by atoms with Gasteiger partial charge in [-0.2, -0.15) is 0 Å². The highest BCUT2D eigenvalue weighted by Gasteiger charge is 2.38. The van der Waals surface area contributed by atoms with Crippen molar-refractivity contribution in [1.29, 1.82) is 0 Å². The molecule has 0 amide bonds. The number of rotatable bonds is 3. The molecular weight excluding hydrogens is 331 g/mol. The van der Waals surface area contributed by atoms with E-state index in [4.69, 9.17) is 4.74 Å². The zero-order valence-corrected chi connectivity index (χ0v) is 13.1. The van der Waals surface area contributed by atoms with Crippen LogP contribution < -0.4 is 5.32 Å². The lowest BCUT2D eigenvalue weighted by Crippen LogP contribution is -2.48. The Kier molecular flexibility index (Phi) is 5.36. The Morgan fingerprint density at radius 3 is 1.88 bits per heavy atom. The van der Waals surface area contributed by atoms with Gasteiger partial charge in [0, 0.05) is 51.0 Å². The van der Waals surface area contributed by atoms with Crippen molar-refractivity contribution < 1.29 is 26.7 Å². The minimum atomic E-state index is -2.11. The summed E-state index contributed by atoms with van der Waals surface area (Å²) >= 11 is 0. The van der Waals surface area contributed by atoms with Crippen LogP contribution in [0.25, 0.3) is 0 Å². The lowest BCUT2D eigenvalue weighted by molar-refractivity contribution is 0.0186. The molecule has 3 rings (SSSR count). The first-order valence-electron chi connectivity index (χ1n) is 8.06. The first kappa shape index (κ1) is 17.6. The molecule has 2 fully saturated rings. The Morgan fingerprint density at radius 2 is 1.33 bits per heavy atom. The second-order valence-corrected chi connectivity index (χ2v) is 6.16. The van der Waals surface area contributed by atoms with E-state index in [2.05, 4.69) is 5.32 Å². The molecule has 1 aromatic carbocycles. The molecule has 134 valence electrons. The summed E-state index contributed by atoms with van der Waals surface area (Å²) in [4.78, 5) is 1.81. The fourth-order valence-corrected chi connectivity index (χ4v) is 3.59. The SMILES string of the molecule is Fc1c(F)c(F)c([C@H](C2CCOCC2)N2CCNCC2)c(F)c1F. The Morgan fingerprint density at radius 1 is 0.833 bits per heavy atom. The van der Waals surface area contributed by atoms with Crippen molar-refractivity contribution in [3.63, 3.8) is 0 Å². The third-order valence-corrected chi connectivity index (χ3v) is 4.80. The van der Waals surface area contributed by atoms with Gasteiger partial charge in [0.25, 0.3) is 0 Å². The van der Waals surface area contributed by atoms with Crippen LogP contribution in [0.1, 0.15) is 24.4 Å². The van der Waals surface area contributed by atoms with E-state index in [0.29, 0.717) is 52.2 Å². The van der Waals surface area contributed by atoms with E-state index < -0.39 is 40.7 Å². The summed E-state index contributed by atoms with van der Waals surface area (Å²) in [5.41, 5.74) is -0.708. The molecule has 3 nitrogen and oxygen atoms in total. The van der Waals surface area contributed by atoms with E-state index in [-0.39, 0.29) is 5.92 Å². The monoisotopic (exact) mass is 350 g/mol. The number of nitrogens with zero attached hydrogens (tertiary/aromatic N) is 1. The predicted octanol–water partition coefficient (Wildman–Crippen LogP) is 2.76. The molecule has 0 spiro atoms. The maximum Gasteiger partial charge on any atom is 0.200 e.